The number of hydrogen-bond acceptors (Lipinski definition) is 3. The van der Waals surface area contributed by atoms with Crippen LogP contribution in [0.25, 0.3) is 0 Å². The van der Waals surface area contributed by atoms with Crippen LogP contribution < -0.4 is 5.32 Å². The van der Waals surface area contributed by atoms with Gasteiger partial charge in [-0.3, -0.25) is 4.79 Å². The van der Waals surface area contributed by atoms with Gasteiger partial charge in [0.1, 0.15) is 5.75 Å². The van der Waals surface area contributed by atoms with Crippen molar-refractivity contribution in [1.29, 1.82) is 0 Å². The van der Waals surface area contributed by atoms with E-state index in [0.717, 1.165) is 0 Å². The molecule has 1 amide bonds. The number of amides is 1. The maximum absolute atomic E-state index is 11.5. The second-order valence-electron chi connectivity index (χ2n) is 4.01. The van der Waals surface area contributed by atoms with Crippen molar-refractivity contribution in [2.75, 3.05) is 6.54 Å². The standard InChI is InChI=1S/C13H19NO3/c1-2-11(15)7-8-14-13(17)9-10-5-3-4-6-12(10)16/h3-6,11,15-16H,2,7-9H2,1H3,(H,14,17). The van der Waals surface area contributed by atoms with Crippen LogP contribution in [0.4, 0.5) is 0 Å². The highest BCUT2D eigenvalue weighted by atomic mass is 16.3. The van der Waals surface area contributed by atoms with Gasteiger partial charge in [-0.25, -0.2) is 0 Å². The van der Waals surface area contributed by atoms with Crippen molar-refractivity contribution in [1.82, 2.24) is 5.32 Å². The summed E-state index contributed by atoms with van der Waals surface area (Å²) in [6, 6.07) is 6.77. The largest absolute Gasteiger partial charge is 0.508 e. The summed E-state index contributed by atoms with van der Waals surface area (Å²) < 4.78 is 0. The Kier molecular flexibility index (Phi) is 5.49. The zero-order valence-electron chi connectivity index (χ0n) is 10.0. The minimum Gasteiger partial charge on any atom is -0.508 e. The lowest BCUT2D eigenvalue weighted by Gasteiger charge is -2.09. The number of aliphatic hydroxyl groups excluding tert-OH is 1. The first kappa shape index (κ1) is 13.5. The Morgan fingerprint density at radius 3 is 2.76 bits per heavy atom. The lowest BCUT2D eigenvalue weighted by Crippen LogP contribution is -2.28. The van der Waals surface area contributed by atoms with E-state index in [0.29, 0.717) is 24.9 Å². The summed E-state index contributed by atoms with van der Waals surface area (Å²) in [7, 11) is 0. The Labute approximate surface area is 101 Å². The molecule has 0 spiro atoms. The molecule has 0 bridgehead atoms. The fourth-order valence-corrected chi connectivity index (χ4v) is 1.48. The molecule has 1 atom stereocenters. The van der Waals surface area contributed by atoms with Crippen molar-refractivity contribution in [3.63, 3.8) is 0 Å². The van der Waals surface area contributed by atoms with E-state index in [1.54, 1.807) is 24.3 Å². The average Bonchev–Trinajstić information content (AvgIpc) is 2.32. The molecular formula is C13H19NO3. The molecule has 0 saturated carbocycles. The number of aromatic hydroxyl groups is 1. The van der Waals surface area contributed by atoms with Gasteiger partial charge in [0.05, 0.1) is 12.5 Å². The third-order valence-corrected chi connectivity index (χ3v) is 2.61. The Morgan fingerprint density at radius 1 is 1.41 bits per heavy atom. The van der Waals surface area contributed by atoms with Gasteiger partial charge in [0.15, 0.2) is 0 Å². The second-order valence-corrected chi connectivity index (χ2v) is 4.01. The van der Waals surface area contributed by atoms with E-state index in [1.165, 1.54) is 0 Å². The van der Waals surface area contributed by atoms with Gasteiger partial charge in [0.2, 0.25) is 5.91 Å². The molecule has 0 aliphatic heterocycles. The van der Waals surface area contributed by atoms with Crippen LogP contribution in [-0.4, -0.2) is 28.8 Å². The summed E-state index contributed by atoms with van der Waals surface area (Å²) in [6.45, 7) is 2.36. The summed E-state index contributed by atoms with van der Waals surface area (Å²) in [5.41, 5.74) is 0.612. The monoisotopic (exact) mass is 237 g/mol. The zero-order chi connectivity index (χ0) is 12.7. The Hall–Kier alpha value is -1.55. The number of aliphatic hydroxyl groups is 1. The third-order valence-electron chi connectivity index (χ3n) is 2.61. The molecule has 4 heteroatoms. The van der Waals surface area contributed by atoms with E-state index in [1.807, 2.05) is 6.92 Å². The molecule has 94 valence electrons. The van der Waals surface area contributed by atoms with Gasteiger partial charge < -0.3 is 15.5 Å². The number of nitrogens with one attached hydrogen (secondary N) is 1. The minimum absolute atomic E-state index is 0.135. The van der Waals surface area contributed by atoms with Crippen LogP contribution in [-0.2, 0) is 11.2 Å². The SMILES string of the molecule is CCC(O)CCNC(=O)Cc1ccccc1O. The highest BCUT2D eigenvalue weighted by Crippen LogP contribution is 2.15. The molecule has 1 aromatic carbocycles. The number of benzene rings is 1. The second kappa shape index (κ2) is 6.91. The van der Waals surface area contributed by atoms with Crippen molar-refractivity contribution in [2.45, 2.75) is 32.3 Å². The molecule has 17 heavy (non-hydrogen) atoms. The molecule has 0 aliphatic carbocycles. The van der Waals surface area contributed by atoms with Crippen LogP contribution >= 0.6 is 0 Å². The first-order valence-electron chi connectivity index (χ1n) is 5.85. The van der Waals surface area contributed by atoms with Gasteiger partial charge >= 0.3 is 0 Å². The van der Waals surface area contributed by atoms with E-state index < -0.39 is 0 Å². The highest BCUT2D eigenvalue weighted by Gasteiger charge is 2.07. The van der Waals surface area contributed by atoms with Crippen molar-refractivity contribution in [3.05, 3.63) is 29.8 Å². The summed E-state index contributed by atoms with van der Waals surface area (Å²) in [4.78, 5) is 11.5. The van der Waals surface area contributed by atoms with E-state index in [4.69, 9.17) is 0 Å². The van der Waals surface area contributed by atoms with Crippen LogP contribution in [0.2, 0.25) is 0 Å². The maximum Gasteiger partial charge on any atom is 0.224 e. The van der Waals surface area contributed by atoms with E-state index in [-0.39, 0.29) is 24.2 Å². The molecule has 1 unspecified atom stereocenters. The number of phenolic OH excluding ortho intramolecular Hbond substituents is 1. The smallest absolute Gasteiger partial charge is 0.224 e. The number of phenols is 1. The Bertz CT molecular complexity index is 365. The lowest BCUT2D eigenvalue weighted by molar-refractivity contribution is -0.120. The van der Waals surface area contributed by atoms with Crippen LogP contribution in [0.1, 0.15) is 25.3 Å². The fourth-order valence-electron chi connectivity index (χ4n) is 1.48. The van der Waals surface area contributed by atoms with Crippen LogP contribution in [0, 0.1) is 0 Å². The van der Waals surface area contributed by atoms with Gasteiger partial charge in [0.25, 0.3) is 0 Å². The number of rotatable bonds is 6. The quantitative estimate of drug-likeness (QED) is 0.696. The summed E-state index contributed by atoms with van der Waals surface area (Å²) in [5.74, 6) is -0.00829. The van der Waals surface area contributed by atoms with Crippen LogP contribution in [0.5, 0.6) is 5.75 Å². The van der Waals surface area contributed by atoms with Crippen molar-refractivity contribution in [2.24, 2.45) is 0 Å². The molecule has 0 saturated heterocycles. The molecule has 1 rings (SSSR count). The molecule has 4 nitrogen and oxygen atoms in total. The average molecular weight is 237 g/mol. The molecular weight excluding hydrogens is 218 g/mol. The van der Waals surface area contributed by atoms with Gasteiger partial charge in [-0.15, -0.1) is 0 Å². The van der Waals surface area contributed by atoms with E-state index in [2.05, 4.69) is 5.32 Å². The first-order chi connectivity index (χ1) is 8.13. The van der Waals surface area contributed by atoms with Crippen molar-refractivity contribution < 1.29 is 15.0 Å². The molecule has 1 aromatic rings. The fraction of sp³-hybridized carbons (Fsp3) is 0.462. The van der Waals surface area contributed by atoms with Crippen molar-refractivity contribution >= 4 is 5.91 Å². The third kappa shape index (κ3) is 4.87. The van der Waals surface area contributed by atoms with Gasteiger partial charge in [0, 0.05) is 12.1 Å². The zero-order valence-corrected chi connectivity index (χ0v) is 10.0. The molecule has 0 heterocycles. The number of carbonyl (C=O) groups is 1. The van der Waals surface area contributed by atoms with Gasteiger partial charge in [-0.05, 0) is 18.9 Å². The predicted molar refractivity (Wildman–Crippen MR) is 65.7 cm³/mol. The predicted octanol–water partition coefficient (Wildman–Crippen LogP) is 1.21. The Morgan fingerprint density at radius 2 is 2.12 bits per heavy atom. The summed E-state index contributed by atoms with van der Waals surface area (Å²) in [5, 5.41) is 21.5. The normalized spacial score (nSPS) is 12.1. The molecule has 0 aromatic heterocycles. The van der Waals surface area contributed by atoms with Crippen molar-refractivity contribution in [3.8, 4) is 5.75 Å². The lowest BCUT2D eigenvalue weighted by atomic mass is 10.1. The highest BCUT2D eigenvalue weighted by molar-refractivity contribution is 5.79. The number of para-hydroxylation sites is 1. The minimum atomic E-state index is -0.361. The number of carbonyl (C=O) groups excluding carboxylic acids is 1. The van der Waals surface area contributed by atoms with Crippen LogP contribution in [0.3, 0.4) is 0 Å². The molecule has 3 N–H and O–H groups in total. The van der Waals surface area contributed by atoms with E-state index in [9.17, 15) is 15.0 Å². The molecule has 0 fully saturated rings. The number of hydrogen-bond donors (Lipinski definition) is 3. The molecule has 0 radical (unpaired) electrons. The maximum atomic E-state index is 11.5. The summed E-state index contributed by atoms with van der Waals surface area (Å²) in [6.07, 6.45) is 1.05. The summed E-state index contributed by atoms with van der Waals surface area (Å²) >= 11 is 0. The van der Waals surface area contributed by atoms with E-state index >= 15 is 0 Å². The van der Waals surface area contributed by atoms with Crippen LogP contribution in [0.15, 0.2) is 24.3 Å². The topological polar surface area (TPSA) is 69.6 Å². The van der Waals surface area contributed by atoms with Gasteiger partial charge in [-0.2, -0.15) is 0 Å². The van der Waals surface area contributed by atoms with Gasteiger partial charge in [-0.1, -0.05) is 25.1 Å². The Balaban J connectivity index is 2.33. The first-order valence-corrected chi connectivity index (χ1v) is 5.85. The molecule has 0 aliphatic rings.